The number of rotatable bonds is 6. The SMILES string of the molecule is CC(=O)N1CCCc2cc(S(=O)(=O)N3CCCC(C(=O)NCc4ccc(N(C)C)cc4)C3)ccc21. The summed E-state index contributed by atoms with van der Waals surface area (Å²) in [4.78, 5) is 28.7. The summed E-state index contributed by atoms with van der Waals surface area (Å²) in [5.74, 6) is -0.547. The van der Waals surface area contributed by atoms with Gasteiger partial charge in [0.15, 0.2) is 0 Å². The second-order valence-corrected chi connectivity index (χ2v) is 11.5. The third kappa shape index (κ3) is 5.51. The lowest BCUT2D eigenvalue weighted by Gasteiger charge is -2.32. The highest BCUT2D eigenvalue weighted by Gasteiger charge is 2.34. The molecule has 1 N–H and O–H groups in total. The molecule has 0 aliphatic carbocycles. The lowest BCUT2D eigenvalue weighted by Crippen LogP contribution is -2.45. The lowest BCUT2D eigenvalue weighted by molar-refractivity contribution is -0.126. The van der Waals surface area contributed by atoms with Gasteiger partial charge < -0.3 is 15.1 Å². The number of sulfonamides is 1. The number of anilines is 2. The van der Waals surface area contributed by atoms with Crippen molar-refractivity contribution in [2.24, 2.45) is 5.92 Å². The molecule has 2 aliphatic rings. The smallest absolute Gasteiger partial charge is 0.243 e. The zero-order valence-electron chi connectivity index (χ0n) is 20.7. The summed E-state index contributed by atoms with van der Waals surface area (Å²) >= 11 is 0. The third-order valence-electron chi connectivity index (χ3n) is 6.86. The standard InChI is InChI=1S/C26H34N4O4S/c1-19(31)30-15-5-6-21-16-24(12-13-25(21)30)35(33,34)29-14-4-7-22(18-29)26(32)27-17-20-8-10-23(11-9-20)28(2)3/h8-13,16,22H,4-7,14-15,17-18H2,1-3H3,(H,27,32). The summed E-state index contributed by atoms with van der Waals surface area (Å²) in [7, 11) is 0.219. The molecule has 1 saturated heterocycles. The van der Waals surface area contributed by atoms with Crippen molar-refractivity contribution < 1.29 is 18.0 Å². The summed E-state index contributed by atoms with van der Waals surface area (Å²) in [6.45, 7) is 3.15. The second kappa shape index (κ2) is 10.4. The highest BCUT2D eigenvalue weighted by atomic mass is 32.2. The van der Waals surface area contributed by atoms with E-state index in [1.165, 1.54) is 11.2 Å². The Kier molecular flexibility index (Phi) is 7.47. The maximum Gasteiger partial charge on any atom is 0.243 e. The fourth-order valence-corrected chi connectivity index (χ4v) is 6.41. The van der Waals surface area contributed by atoms with E-state index in [-0.39, 0.29) is 29.2 Å². The Morgan fingerprint density at radius 2 is 1.80 bits per heavy atom. The average Bonchev–Trinajstić information content (AvgIpc) is 2.86. The Morgan fingerprint density at radius 3 is 2.49 bits per heavy atom. The molecule has 2 amide bonds. The summed E-state index contributed by atoms with van der Waals surface area (Å²) in [5, 5.41) is 2.97. The molecule has 1 fully saturated rings. The van der Waals surface area contributed by atoms with Gasteiger partial charge in [-0.2, -0.15) is 4.31 Å². The van der Waals surface area contributed by atoms with E-state index in [1.54, 1.807) is 23.1 Å². The molecule has 2 heterocycles. The quantitative estimate of drug-likeness (QED) is 0.662. The van der Waals surface area contributed by atoms with E-state index in [2.05, 4.69) is 5.32 Å². The van der Waals surface area contributed by atoms with Crippen molar-refractivity contribution in [3.05, 3.63) is 53.6 Å². The molecule has 0 radical (unpaired) electrons. The fourth-order valence-electron chi connectivity index (χ4n) is 4.83. The molecule has 8 nitrogen and oxygen atoms in total. The maximum absolute atomic E-state index is 13.4. The number of hydrogen-bond donors (Lipinski definition) is 1. The molecular weight excluding hydrogens is 464 g/mol. The van der Waals surface area contributed by atoms with E-state index in [0.29, 0.717) is 32.5 Å². The van der Waals surface area contributed by atoms with E-state index < -0.39 is 10.0 Å². The van der Waals surface area contributed by atoms with Crippen molar-refractivity contribution in [1.82, 2.24) is 9.62 Å². The number of aryl methyl sites for hydroxylation is 1. The first kappa shape index (κ1) is 25.2. The molecule has 1 unspecified atom stereocenters. The van der Waals surface area contributed by atoms with E-state index in [9.17, 15) is 18.0 Å². The van der Waals surface area contributed by atoms with Gasteiger partial charge in [-0.15, -0.1) is 0 Å². The van der Waals surface area contributed by atoms with Crippen LogP contribution in [0, 0.1) is 5.92 Å². The van der Waals surface area contributed by atoms with Gasteiger partial charge in [0, 0.05) is 58.6 Å². The minimum Gasteiger partial charge on any atom is -0.378 e. The van der Waals surface area contributed by atoms with Gasteiger partial charge in [-0.3, -0.25) is 9.59 Å². The molecule has 4 rings (SSSR count). The highest BCUT2D eigenvalue weighted by Crippen LogP contribution is 2.31. The van der Waals surface area contributed by atoms with Crippen LogP contribution < -0.4 is 15.1 Å². The average molecular weight is 499 g/mol. The van der Waals surface area contributed by atoms with Crippen LogP contribution in [-0.2, 0) is 32.6 Å². The van der Waals surface area contributed by atoms with Gasteiger partial charge >= 0.3 is 0 Å². The van der Waals surface area contributed by atoms with E-state index >= 15 is 0 Å². The van der Waals surface area contributed by atoms with E-state index in [4.69, 9.17) is 0 Å². The van der Waals surface area contributed by atoms with Gasteiger partial charge in [-0.25, -0.2) is 8.42 Å². The van der Waals surface area contributed by atoms with Crippen molar-refractivity contribution >= 4 is 33.2 Å². The number of carbonyl (C=O) groups is 2. The van der Waals surface area contributed by atoms with E-state index in [1.807, 2.05) is 43.3 Å². The highest BCUT2D eigenvalue weighted by molar-refractivity contribution is 7.89. The fraction of sp³-hybridized carbons (Fsp3) is 0.462. The number of hydrogen-bond acceptors (Lipinski definition) is 5. The van der Waals surface area contributed by atoms with Gasteiger partial charge in [-0.05, 0) is 67.1 Å². The van der Waals surface area contributed by atoms with Gasteiger partial charge in [-0.1, -0.05) is 12.1 Å². The van der Waals surface area contributed by atoms with Gasteiger partial charge in [0.2, 0.25) is 21.8 Å². The van der Waals surface area contributed by atoms with Crippen LogP contribution in [0.3, 0.4) is 0 Å². The van der Waals surface area contributed by atoms with Crippen LogP contribution >= 0.6 is 0 Å². The first-order valence-corrected chi connectivity index (χ1v) is 13.6. The Hall–Kier alpha value is -2.91. The molecule has 35 heavy (non-hydrogen) atoms. The number of carbonyl (C=O) groups excluding carboxylic acids is 2. The topological polar surface area (TPSA) is 90.0 Å². The van der Waals surface area contributed by atoms with E-state index in [0.717, 1.165) is 35.3 Å². The summed E-state index contributed by atoms with van der Waals surface area (Å²) in [5.41, 5.74) is 3.75. The van der Waals surface area contributed by atoms with Gasteiger partial charge in [0.05, 0.1) is 10.8 Å². The Morgan fingerprint density at radius 1 is 1.06 bits per heavy atom. The molecule has 0 aromatic heterocycles. The minimum absolute atomic E-state index is 0.0416. The Labute approximate surface area is 207 Å². The number of piperidine rings is 1. The van der Waals surface area contributed by atoms with Crippen LogP contribution in [0.15, 0.2) is 47.4 Å². The number of nitrogens with one attached hydrogen (secondary N) is 1. The van der Waals surface area contributed by atoms with Crippen LogP contribution in [0.25, 0.3) is 0 Å². The largest absolute Gasteiger partial charge is 0.378 e. The molecule has 188 valence electrons. The van der Waals surface area contributed by atoms with Crippen molar-refractivity contribution in [3.63, 3.8) is 0 Å². The van der Waals surface area contributed by atoms with Crippen molar-refractivity contribution in [2.75, 3.05) is 43.5 Å². The van der Waals surface area contributed by atoms with Crippen LogP contribution in [0.2, 0.25) is 0 Å². The maximum atomic E-state index is 13.4. The number of nitrogens with zero attached hydrogens (tertiary/aromatic N) is 3. The normalized spacial score (nSPS) is 18.6. The first-order chi connectivity index (χ1) is 16.7. The predicted octanol–water partition coefficient (Wildman–Crippen LogP) is 2.77. The molecule has 0 spiro atoms. The molecule has 1 atom stereocenters. The minimum atomic E-state index is -3.73. The van der Waals surface area contributed by atoms with Crippen molar-refractivity contribution in [3.8, 4) is 0 Å². The third-order valence-corrected chi connectivity index (χ3v) is 8.72. The second-order valence-electron chi connectivity index (χ2n) is 9.55. The van der Waals surface area contributed by atoms with Crippen LogP contribution in [0.4, 0.5) is 11.4 Å². The monoisotopic (exact) mass is 498 g/mol. The molecular formula is C26H34N4O4S. The summed E-state index contributed by atoms with van der Waals surface area (Å²) in [6, 6.07) is 13.0. The molecule has 2 aromatic carbocycles. The number of amides is 2. The summed E-state index contributed by atoms with van der Waals surface area (Å²) < 4.78 is 28.3. The van der Waals surface area contributed by atoms with Crippen molar-refractivity contribution in [1.29, 1.82) is 0 Å². The van der Waals surface area contributed by atoms with Crippen LogP contribution in [0.1, 0.15) is 37.3 Å². The number of benzene rings is 2. The van der Waals surface area contributed by atoms with Crippen LogP contribution in [0.5, 0.6) is 0 Å². The lowest BCUT2D eigenvalue weighted by atomic mass is 9.98. The number of fused-ring (bicyclic) bond motifs is 1. The Bertz CT molecular complexity index is 1190. The summed E-state index contributed by atoms with van der Waals surface area (Å²) in [6.07, 6.45) is 2.84. The van der Waals surface area contributed by atoms with Crippen LogP contribution in [-0.4, -0.2) is 58.3 Å². The molecule has 2 aromatic rings. The zero-order chi connectivity index (χ0) is 25.2. The molecule has 0 saturated carbocycles. The van der Waals surface area contributed by atoms with Gasteiger partial charge in [0.1, 0.15) is 0 Å². The molecule has 2 aliphatic heterocycles. The van der Waals surface area contributed by atoms with Crippen molar-refractivity contribution in [2.45, 2.75) is 44.0 Å². The molecule has 0 bridgehead atoms. The molecule has 9 heteroatoms. The van der Waals surface area contributed by atoms with Gasteiger partial charge in [0.25, 0.3) is 0 Å². The Balaban J connectivity index is 1.42. The predicted molar refractivity (Wildman–Crippen MR) is 137 cm³/mol. The first-order valence-electron chi connectivity index (χ1n) is 12.1. The zero-order valence-corrected chi connectivity index (χ0v) is 21.5.